The van der Waals surface area contributed by atoms with Crippen LogP contribution in [-0.4, -0.2) is 32.0 Å². The third-order valence-corrected chi connectivity index (χ3v) is 7.73. The average molecular weight is 301 g/mol. The first kappa shape index (κ1) is 16.3. The van der Waals surface area contributed by atoms with Crippen molar-refractivity contribution in [3.63, 3.8) is 0 Å². The summed E-state index contributed by atoms with van der Waals surface area (Å²) >= 11 is 0. The Bertz CT molecular complexity index is 393. The second-order valence-electron chi connectivity index (χ2n) is 6.60. The summed E-state index contributed by atoms with van der Waals surface area (Å²) in [5.74, 6) is 1.68. The molecular weight excluding hydrogens is 270 g/mol. The summed E-state index contributed by atoms with van der Waals surface area (Å²) in [6, 6.07) is 0.190. The van der Waals surface area contributed by atoms with E-state index >= 15 is 0 Å². The smallest absolute Gasteiger partial charge is 0.154 e. The predicted molar refractivity (Wildman–Crippen MR) is 84.6 cm³/mol. The van der Waals surface area contributed by atoms with E-state index in [9.17, 15) is 8.42 Å². The van der Waals surface area contributed by atoms with Crippen LogP contribution in [0.3, 0.4) is 0 Å². The van der Waals surface area contributed by atoms with Gasteiger partial charge in [-0.3, -0.25) is 0 Å². The van der Waals surface area contributed by atoms with Crippen molar-refractivity contribution in [3.8, 4) is 0 Å². The van der Waals surface area contributed by atoms with E-state index < -0.39 is 9.84 Å². The minimum absolute atomic E-state index is 0.131. The number of nitrogens with one attached hydrogen (secondary N) is 1. The molecule has 4 unspecified atom stereocenters. The van der Waals surface area contributed by atoms with Crippen LogP contribution in [0.15, 0.2) is 0 Å². The van der Waals surface area contributed by atoms with Crippen molar-refractivity contribution in [3.05, 3.63) is 0 Å². The topological polar surface area (TPSA) is 46.2 Å². The third-order valence-electron chi connectivity index (χ3n) is 5.42. The number of sulfone groups is 1. The van der Waals surface area contributed by atoms with E-state index in [4.69, 9.17) is 0 Å². The van der Waals surface area contributed by atoms with Gasteiger partial charge in [0, 0.05) is 6.04 Å². The van der Waals surface area contributed by atoms with Gasteiger partial charge in [-0.05, 0) is 37.6 Å². The first-order valence-electron chi connectivity index (χ1n) is 8.55. The maximum atomic E-state index is 12.5. The molecule has 4 atom stereocenters. The Labute approximate surface area is 124 Å². The molecule has 0 aromatic heterocycles. The molecule has 1 aliphatic heterocycles. The van der Waals surface area contributed by atoms with Crippen LogP contribution in [0, 0.1) is 11.8 Å². The Morgan fingerprint density at radius 3 is 2.40 bits per heavy atom. The molecule has 0 spiro atoms. The summed E-state index contributed by atoms with van der Waals surface area (Å²) < 4.78 is 25.0. The van der Waals surface area contributed by atoms with Crippen LogP contribution >= 0.6 is 0 Å². The molecule has 20 heavy (non-hydrogen) atoms. The van der Waals surface area contributed by atoms with Crippen LogP contribution in [0.5, 0.6) is 0 Å². The van der Waals surface area contributed by atoms with Crippen LogP contribution in [0.1, 0.15) is 65.2 Å². The molecule has 0 aromatic carbocycles. The molecule has 2 fully saturated rings. The molecule has 0 radical (unpaired) electrons. The standard InChI is InChI=1S/C16H31NO2S/c1-3-13-9-5-6-10-14(13)16(17-4-2)15-11-7-8-12-20(15,18)19/h13-17H,3-12H2,1-2H3. The normalized spacial score (nSPS) is 35.6. The number of rotatable bonds is 5. The molecular formula is C16H31NO2S. The van der Waals surface area contributed by atoms with E-state index in [2.05, 4.69) is 19.2 Å². The van der Waals surface area contributed by atoms with Crippen LogP contribution in [-0.2, 0) is 9.84 Å². The second-order valence-corrected chi connectivity index (χ2v) is 8.94. The van der Waals surface area contributed by atoms with Crippen molar-refractivity contribution in [1.82, 2.24) is 5.32 Å². The zero-order valence-electron chi connectivity index (χ0n) is 13.1. The van der Waals surface area contributed by atoms with Crippen LogP contribution in [0.2, 0.25) is 0 Å². The summed E-state index contributed by atoms with van der Waals surface area (Å²) in [6.45, 7) is 5.25. The lowest BCUT2D eigenvalue weighted by molar-refractivity contribution is 0.168. The van der Waals surface area contributed by atoms with Gasteiger partial charge >= 0.3 is 0 Å². The van der Waals surface area contributed by atoms with Gasteiger partial charge in [0.2, 0.25) is 0 Å². The van der Waals surface area contributed by atoms with Gasteiger partial charge in [0.25, 0.3) is 0 Å². The Hall–Kier alpha value is -0.0900. The second kappa shape index (κ2) is 7.26. The Morgan fingerprint density at radius 1 is 1.05 bits per heavy atom. The van der Waals surface area contributed by atoms with Crippen molar-refractivity contribution in [1.29, 1.82) is 0 Å². The van der Waals surface area contributed by atoms with Crippen molar-refractivity contribution in [2.45, 2.75) is 76.5 Å². The molecule has 118 valence electrons. The minimum atomic E-state index is -2.89. The molecule has 2 aliphatic rings. The van der Waals surface area contributed by atoms with Crippen LogP contribution < -0.4 is 5.32 Å². The molecule has 1 saturated carbocycles. The summed E-state index contributed by atoms with van der Waals surface area (Å²) in [5, 5.41) is 3.43. The van der Waals surface area contributed by atoms with Gasteiger partial charge < -0.3 is 5.32 Å². The largest absolute Gasteiger partial charge is 0.313 e. The lowest BCUT2D eigenvalue weighted by Crippen LogP contribution is -2.53. The first-order chi connectivity index (χ1) is 9.60. The fraction of sp³-hybridized carbons (Fsp3) is 1.00. The molecule has 1 saturated heterocycles. The fourth-order valence-corrected chi connectivity index (χ4v) is 6.57. The Morgan fingerprint density at radius 2 is 1.75 bits per heavy atom. The van der Waals surface area contributed by atoms with E-state index in [1.807, 2.05) is 0 Å². The summed E-state index contributed by atoms with van der Waals surface area (Å²) in [4.78, 5) is 0. The summed E-state index contributed by atoms with van der Waals surface area (Å²) in [5.41, 5.74) is 0. The highest BCUT2D eigenvalue weighted by Gasteiger charge is 2.41. The highest BCUT2D eigenvalue weighted by molar-refractivity contribution is 7.92. The molecule has 2 rings (SSSR count). The Kier molecular flexibility index (Phi) is 5.91. The van der Waals surface area contributed by atoms with E-state index in [1.54, 1.807) is 0 Å². The zero-order valence-corrected chi connectivity index (χ0v) is 13.9. The molecule has 4 heteroatoms. The molecule has 1 N–H and O–H groups in total. The van der Waals surface area contributed by atoms with Crippen molar-refractivity contribution >= 4 is 9.84 Å². The lowest BCUT2D eigenvalue weighted by atomic mass is 9.72. The van der Waals surface area contributed by atoms with Gasteiger partial charge in [-0.15, -0.1) is 0 Å². The highest BCUT2D eigenvalue weighted by Crippen LogP contribution is 2.38. The average Bonchev–Trinajstić information content (AvgIpc) is 2.45. The molecule has 1 heterocycles. The lowest BCUT2D eigenvalue weighted by Gasteiger charge is -2.41. The maximum absolute atomic E-state index is 12.5. The predicted octanol–water partition coefficient (Wildman–Crippen LogP) is 3.15. The van der Waals surface area contributed by atoms with E-state index in [-0.39, 0.29) is 11.3 Å². The van der Waals surface area contributed by atoms with Gasteiger partial charge in [-0.2, -0.15) is 0 Å². The molecule has 3 nitrogen and oxygen atoms in total. The van der Waals surface area contributed by atoms with Crippen molar-refractivity contribution < 1.29 is 8.42 Å². The third kappa shape index (κ3) is 3.56. The van der Waals surface area contributed by atoms with Gasteiger partial charge in [-0.25, -0.2) is 8.42 Å². The molecule has 0 amide bonds. The van der Waals surface area contributed by atoms with Crippen LogP contribution in [0.25, 0.3) is 0 Å². The van der Waals surface area contributed by atoms with Gasteiger partial charge in [0.05, 0.1) is 11.0 Å². The minimum Gasteiger partial charge on any atom is -0.313 e. The van der Waals surface area contributed by atoms with Crippen LogP contribution in [0.4, 0.5) is 0 Å². The van der Waals surface area contributed by atoms with Crippen molar-refractivity contribution in [2.75, 3.05) is 12.3 Å². The molecule has 0 bridgehead atoms. The van der Waals surface area contributed by atoms with Crippen molar-refractivity contribution in [2.24, 2.45) is 11.8 Å². The highest BCUT2D eigenvalue weighted by atomic mass is 32.2. The fourth-order valence-electron chi connectivity index (χ4n) is 4.39. The molecule has 0 aromatic rings. The summed E-state index contributed by atoms with van der Waals surface area (Å²) in [6.07, 6.45) is 9.10. The first-order valence-corrected chi connectivity index (χ1v) is 10.3. The maximum Gasteiger partial charge on any atom is 0.154 e. The SMILES string of the molecule is CCNC(C1CCCCC1CC)C1CCCCS1(=O)=O. The number of hydrogen-bond acceptors (Lipinski definition) is 3. The monoisotopic (exact) mass is 301 g/mol. The molecule has 1 aliphatic carbocycles. The summed E-state index contributed by atoms with van der Waals surface area (Å²) in [7, 11) is -2.89. The van der Waals surface area contributed by atoms with E-state index in [1.165, 1.54) is 32.1 Å². The Balaban J connectivity index is 2.20. The quantitative estimate of drug-likeness (QED) is 0.848. The van der Waals surface area contributed by atoms with Gasteiger partial charge in [-0.1, -0.05) is 46.0 Å². The number of hydrogen-bond donors (Lipinski definition) is 1. The van der Waals surface area contributed by atoms with Gasteiger partial charge in [0.1, 0.15) is 0 Å². The van der Waals surface area contributed by atoms with E-state index in [0.29, 0.717) is 17.6 Å². The van der Waals surface area contributed by atoms with E-state index in [0.717, 1.165) is 25.8 Å². The zero-order chi connectivity index (χ0) is 14.6. The van der Waals surface area contributed by atoms with Gasteiger partial charge in [0.15, 0.2) is 9.84 Å².